The van der Waals surface area contributed by atoms with Crippen molar-refractivity contribution in [2.45, 2.75) is 38.3 Å². The number of amides is 1. The molecule has 0 aromatic carbocycles. The Hall–Kier alpha value is -1.32. The van der Waals surface area contributed by atoms with Gasteiger partial charge in [0.2, 0.25) is 0 Å². The van der Waals surface area contributed by atoms with E-state index in [-0.39, 0.29) is 12.1 Å². The Morgan fingerprint density at radius 3 is 2.73 bits per heavy atom. The molecule has 0 spiro atoms. The van der Waals surface area contributed by atoms with Crippen molar-refractivity contribution in [3.63, 3.8) is 0 Å². The van der Waals surface area contributed by atoms with Crippen molar-refractivity contribution in [3.8, 4) is 0 Å². The number of rotatable bonds is 2. The van der Waals surface area contributed by atoms with Crippen molar-refractivity contribution in [2.24, 2.45) is 0 Å². The van der Waals surface area contributed by atoms with Crippen LogP contribution in [0.15, 0.2) is 12.7 Å². The maximum Gasteiger partial charge on any atom is 0.396 e. The first-order valence-electron chi connectivity index (χ1n) is 5.13. The lowest BCUT2D eigenvalue weighted by Crippen LogP contribution is -2.44. The molecule has 1 rings (SSSR count). The first-order valence-corrected chi connectivity index (χ1v) is 5.13. The molecule has 1 unspecified atom stereocenters. The molecule has 1 amide bonds. The smallest absolute Gasteiger partial charge is 0.396 e. The van der Waals surface area contributed by atoms with Crippen LogP contribution in [-0.2, 0) is 14.3 Å². The molecule has 1 heterocycles. The number of likely N-dealkylation sites (tertiary alicyclic amines) is 1. The van der Waals surface area contributed by atoms with E-state index < -0.39 is 11.9 Å². The largest absolute Gasteiger partial charge is 0.462 e. The number of hydrogen-bond donors (Lipinski definition) is 0. The van der Waals surface area contributed by atoms with E-state index in [9.17, 15) is 9.59 Å². The Balaban J connectivity index is 2.75. The molecule has 0 saturated carbocycles. The lowest BCUT2D eigenvalue weighted by Gasteiger charge is -2.26. The lowest BCUT2D eigenvalue weighted by atomic mass is 10.1. The third-order valence-corrected chi connectivity index (χ3v) is 2.82. The Bertz CT molecular complexity index is 275. The summed E-state index contributed by atoms with van der Waals surface area (Å²) in [6.07, 6.45) is 4.37. The van der Waals surface area contributed by atoms with Crippen LogP contribution in [0.25, 0.3) is 0 Å². The third-order valence-electron chi connectivity index (χ3n) is 2.82. The summed E-state index contributed by atoms with van der Waals surface area (Å²) in [5, 5.41) is 0. The van der Waals surface area contributed by atoms with E-state index in [0.717, 1.165) is 19.3 Å². The monoisotopic (exact) mass is 211 g/mol. The quantitative estimate of drug-likeness (QED) is 0.390. The molecule has 2 atom stereocenters. The minimum absolute atomic E-state index is 0.101. The zero-order valence-corrected chi connectivity index (χ0v) is 9.23. The molecule has 0 radical (unpaired) electrons. The van der Waals surface area contributed by atoms with Crippen molar-refractivity contribution in [1.29, 1.82) is 0 Å². The normalized spacial score (nSPS) is 25.1. The van der Waals surface area contributed by atoms with E-state index in [1.807, 2.05) is 6.92 Å². The van der Waals surface area contributed by atoms with Crippen LogP contribution in [0.3, 0.4) is 0 Å². The van der Waals surface area contributed by atoms with Gasteiger partial charge in [0.1, 0.15) is 0 Å². The number of methoxy groups -OCH3 is 1. The first-order chi connectivity index (χ1) is 7.11. The second-order valence-corrected chi connectivity index (χ2v) is 3.81. The van der Waals surface area contributed by atoms with Crippen LogP contribution in [0, 0.1) is 0 Å². The minimum Gasteiger partial charge on any atom is -0.462 e. The van der Waals surface area contributed by atoms with Crippen molar-refractivity contribution in [3.05, 3.63) is 12.7 Å². The average Bonchev–Trinajstić information content (AvgIpc) is 2.58. The highest BCUT2D eigenvalue weighted by atomic mass is 16.5. The van der Waals surface area contributed by atoms with Gasteiger partial charge in [0, 0.05) is 12.1 Å². The molecule has 0 N–H and O–H groups in total. The summed E-state index contributed by atoms with van der Waals surface area (Å²) >= 11 is 0. The second kappa shape index (κ2) is 4.96. The maximum atomic E-state index is 11.7. The van der Waals surface area contributed by atoms with Gasteiger partial charge in [-0.25, -0.2) is 4.79 Å². The molecular weight excluding hydrogens is 194 g/mol. The molecule has 1 aliphatic rings. The number of nitrogens with zero attached hydrogens (tertiary/aromatic N) is 1. The van der Waals surface area contributed by atoms with Gasteiger partial charge >= 0.3 is 11.9 Å². The second-order valence-electron chi connectivity index (χ2n) is 3.81. The summed E-state index contributed by atoms with van der Waals surface area (Å²) in [6.45, 7) is 5.60. The highest BCUT2D eigenvalue weighted by molar-refractivity contribution is 6.32. The van der Waals surface area contributed by atoms with E-state index in [4.69, 9.17) is 0 Å². The van der Waals surface area contributed by atoms with Gasteiger partial charge in [-0.15, -0.1) is 6.58 Å². The standard InChI is InChI=1S/C11H17NO3/c1-4-5-9-7-6-8(2)12(9)10(13)11(14)15-3/h4,8-9H,1,5-7H2,2-3H3/t8-,9?/m1/s1. The average molecular weight is 211 g/mol. The molecule has 4 heteroatoms. The van der Waals surface area contributed by atoms with Crippen LogP contribution in [0.2, 0.25) is 0 Å². The molecule has 1 aliphatic heterocycles. The lowest BCUT2D eigenvalue weighted by molar-refractivity contribution is -0.159. The predicted molar refractivity (Wildman–Crippen MR) is 56.2 cm³/mol. The molecule has 1 saturated heterocycles. The van der Waals surface area contributed by atoms with Crippen molar-refractivity contribution < 1.29 is 14.3 Å². The van der Waals surface area contributed by atoms with Crippen LogP contribution in [0.4, 0.5) is 0 Å². The summed E-state index contributed by atoms with van der Waals surface area (Å²) in [7, 11) is 1.23. The van der Waals surface area contributed by atoms with Crippen LogP contribution in [0.1, 0.15) is 26.2 Å². The Morgan fingerprint density at radius 2 is 2.20 bits per heavy atom. The third kappa shape index (κ3) is 2.37. The van der Waals surface area contributed by atoms with Gasteiger partial charge in [-0.2, -0.15) is 0 Å². The molecule has 0 aliphatic carbocycles. The fourth-order valence-electron chi connectivity index (χ4n) is 2.05. The summed E-state index contributed by atoms with van der Waals surface area (Å²) in [5.41, 5.74) is 0. The number of esters is 1. The summed E-state index contributed by atoms with van der Waals surface area (Å²) in [6, 6.07) is 0.214. The van der Waals surface area contributed by atoms with Gasteiger partial charge in [-0.3, -0.25) is 4.79 Å². The van der Waals surface area contributed by atoms with Crippen LogP contribution >= 0.6 is 0 Å². The van der Waals surface area contributed by atoms with Crippen molar-refractivity contribution in [2.75, 3.05) is 7.11 Å². The fourth-order valence-corrected chi connectivity index (χ4v) is 2.05. The van der Waals surface area contributed by atoms with Crippen molar-refractivity contribution in [1.82, 2.24) is 4.90 Å². The van der Waals surface area contributed by atoms with Gasteiger partial charge in [-0.1, -0.05) is 6.08 Å². The van der Waals surface area contributed by atoms with E-state index in [2.05, 4.69) is 11.3 Å². The molecule has 0 aromatic heterocycles. The SMILES string of the molecule is C=CCC1CC[C@@H](C)N1C(=O)C(=O)OC. The number of carbonyl (C=O) groups is 2. The topological polar surface area (TPSA) is 46.6 Å². The molecule has 1 fully saturated rings. The first kappa shape index (κ1) is 11.8. The Labute approximate surface area is 89.9 Å². The van der Waals surface area contributed by atoms with Crippen LogP contribution in [-0.4, -0.2) is 36.0 Å². The highest BCUT2D eigenvalue weighted by Crippen LogP contribution is 2.26. The van der Waals surface area contributed by atoms with E-state index in [1.165, 1.54) is 7.11 Å². The number of ether oxygens (including phenoxy) is 1. The van der Waals surface area contributed by atoms with E-state index in [0.29, 0.717) is 0 Å². The van der Waals surface area contributed by atoms with Crippen LogP contribution in [0.5, 0.6) is 0 Å². The van der Waals surface area contributed by atoms with Gasteiger partial charge in [0.15, 0.2) is 0 Å². The summed E-state index contributed by atoms with van der Waals surface area (Å²) in [5.74, 6) is -1.31. The predicted octanol–water partition coefficient (Wildman–Crippen LogP) is 1.11. The number of hydrogen-bond acceptors (Lipinski definition) is 3. The zero-order valence-electron chi connectivity index (χ0n) is 9.23. The molecule has 0 aromatic rings. The molecular formula is C11H17NO3. The molecule has 0 bridgehead atoms. The minimum atomic E-state index is -0.780. The van der Waals surface area contributed by atoms with Gasteiger partial charge in [0.05, 0.1) is 7.11 Å². The molecule has 15 heavy (non-hydrogen) atoms. The van der Waals surface area contributed by atoms with Gasteiger partial charge in [-0.05, 0) is 26.2 Å². The molecule has 4 nitrogen and oxygen atoms in total. The summed E-state index contributed by atoms with van der Waals surface area (Å²) < 4.78 is 4.44. The maximum absolute atomic E-state index is 11.7. The fraction of sp³-hybridized carbons (Fsp3) is 0.636. The Kier molecular flexibility index (Phi) is 3.88. The highest BCUT2D eigenvalue weighted by Gasteiger charge is 2.36. The zero-order chi connectivity index (χ0) is 11.4. The van der Waals surface area contributed by atoms with Gasteiger partial charge < -0.3 is 9.64 Å². The summed E-state index contributed by atoms with van der Waals surface area (Å²) in [4.78, 5) is 24.5. The van der Waals surface area contributed by atoms with E-state index >= 15 is 0 Å². The van der Waals surface area contributed by atoms with E-state index in [1.54, 1.807) is 11.0 Å². The van der Waals surface area contributed by atoms with Crippen molar-refractivity contribution >= 4 is 11.9 Å². The number of carbonyl (C=O) groups excluding carboxylic acids is 2. The Morgan fingerprint density at radius 1 is 1.53 bits per heavy atom. The molecule has 84 valence electrons. The van der Waals surface area contributed by atoms with Crippen LogP contribution < -0.4 is 0 Å². The van der Waals surface area contributed by atoms with Gasteiger partial charge in [0.25, 0.3) is 0 Å².